The lowest BCUT2D eigenvalue weighted by Gasteiger charge is -2.02. The number of hydrogen-bond donors (Lipinski definition) is 0. The summed E-state index contributed by atoms with van der Waals surface area (Å²) in [5, 5.41) is 10.6. The molecule has 1 aliphatic rings. The molecular formula is C8H5BrFNO3. The third kappa shape index (κ3) is 1.26. The molecule has 2 rings (SSSR count). The Balaban J connectivity index is 2.70. The highest BCUT2D eigenvalue weighted by Gasteiger charge is 2.28. The SMILES string of the molecule is O=[N+]([O-])c1cc(Br)c(F)c2c1OCC2. The summed E-state index contributed by atoms with van der Waals surface area (Å²) in [6.45, 7) is 0.295. The second-order valence-electron chi connectivity index (χ2n) is 2.85. The molecule has 74 valence electrons. The van der Waals surface area contributed by atoms with Crippen LogP contribution in [-0.2, 0) is 6.42 Å². The van der Waals surface area contributed by atoms with Gasteiger partial charge in [-0.2, -0.15) is 0 Å². The van der Waals surface area contributed by atoms with E-state index in [0.29, 0.717) is 13.0 Å². The summed E-state index contributed by atoms with van der Waals surface area (Å²) in [5.74, 6) is -0.404. The minimum Gasteiger partial charge on any atom is -0.486 e. The predicted octanol–water partition coefficient (Wildman–Crippen LogP) is 2.43. The number of nitrogens with zero attached hydrogens (tertiary/aromatic N) is 1. The third-order valence-electron chi connectivity index (χ3n) is 2.04. The van der Waals surface area contributed by atoms with Crippen molar-refractivity contribution >= 4 is 21.6 Å². The van der Waals surface area contributed by atoms with E-state index in [1.165, 1.54) is 0 Å². The van der Waals surface area contributed by atoms with E-state index >= 15 is 0 Å². The Morgan fingerprint density at radius 3 is 3.00 bits per heavy atom. The van der Waals surface area contributed by atoms with Gasteiger partial charge >= 0.3 is 5.69 Å². The maximum Gasteiger partial charge on any atom is 0.312 e. The number of ether oxygens (including phenoxy) is 1. The summed E-state index contributed by atoms with van der Waals surface area (Å²) in [7, 11) is 0. The van der Waals surface area contributed by atoms with Crippen LogP contribution in [0.3, 0.4) is 0 Å². The van der Waals surface area contributed by atoms with Gasteiger partial charge < -0.3 is 4.74 Å². The zero-order valence-electron chi connectivity index (χ0n) is 6.92. The molecule has 0 aromatic heterocycles. The molecule has 4 nitrogen and oxygen atoms in total. The molecule has 1 aromatic carbocycles. The fourth-order valence-electron chi connectivity index (χ4n) is 1.42. The molecule has 1 aromatic rings. The largest absolute Gasteiger partial charge is 0.486 e. The van der Waals surface area contributed by atoms with Crippen LogP contribution in [0.25, 0.3) is 0 Å². The van der Waals surface area contributed by atoms with E-state index in [1.807, 2.05) is 0 Å². The van der Waals surface area contributed by atoms with Gasteiger partial charge in [0.1, 0.15) is 5.82 Å². The lowest BCUT2D eigenvalue weighted by Crippen LogP contribution is -1.95. The second kappa shape index (κ2) is 3.20. The van der Waals surface area contributed by atoms with Crippen molar-refractivity contribution in [2.75, 3.05) is 6.61 Å². The van der Waals surface area contributed by atoms with E-state index in [-0.39, 0.29) is 21.5 Å². The van der Waals surface area contributed by atoms with E-state index in [9.17, 15) is 14.5 Å². The van der Waals surface area contributed by atoms with Gasteiger partial charge in [0, 0.05) is 18.1 Å². The molecule has 0 bridgehead atoms. The molecular weight excluding hydrogens is 257 g/mol. The minimum atomic E-state index is -0.575. The molecule has 0 fully saturated rings. The molecule has 1 aliphatic heterocycles. The fourth-order valence-corrected chi connectivity index (χ4v) is 1.88. The van der Waals surface area contributed by atoms with Gasteiger partial charge in [-0.1, -0.05) is 0 Å². The molecule has 6 heteroatoms. The first-order chi connectivity index (χ1) is 6.61. The zero-order valence-corrected chi connectivity index (χ0v) is 8.51. The molecule has 0 spiro atoms. The Labute approximate surface area is 87.0 Å². The Bertz CT molecular complexity index is 422. The molecule has 0 saturated carbocycles. The summed E-state index contributed by atoms with van der Waals surface area (Å²) in [6.07, 6.45) is 0.376. The van der Waals surface area contributed by atoms with Crippen molar-refractivity contribution in [1.29, 1.82) is 0 Å². The standard InChI is InChI=1S/C8H5BrFNO3/c9-5-3-6(11(12)13)8-4(7(5)10)1-2-14-8/h3H,1-2H2. The summed E-state index contributed by atoms with van der Waals surface area (Å²) in [5.41, 5.74) is 0.0943. The third-order valence-corrected chi connectivity index (χ3v) is 2.62. The van der Waals surface area contributed by atoms with Crippen molar-refractivity contribution in [2.45, 2.75) is 6.42 Å². The van der Waals surface area contributed by atoms with E-state index in [0.717, 1.165) is 6.07 Å². The lowest BCUT2D eigenvalue weighted by molar-refractivity contribution is -0.385. The first-order valence-electron chi connectivity index (χ1n) is 3.89. The minimum absolute atomic E-state index is 0.0655. The van der Waals surface area contributed by atoms with Crippen molar-refractivity contribution in [1.82, 2.24) is 0 Å². The van der Waals surface area contributed by atoms with Gasteiger partial charge in [0.2, 0.25) is 5.75 Å². The van der Waals surface area contributed by atoms with Crippen LogP contribution in [0.4, 0.5) is 10.1 Å². The Morgan fingerprint density at radius 2 is 2.36 bits per heavy atom. The smallest absolute Gasteiger partial charge is 0.312 e. The van der Waals surface area contributed by atoms with Gasteiger partial charge in [-0.25, -0.2) is 4.39 Å². The van der Waals surface area contributed by atoms with Crippen molar-refractivity contribution in [2.24, 2.45) is 0 Å². The summed E-state index contributed by atoms with van der Waals surface area (Å²) in [4.78, 5) is 10.0. The number of fused-ring (bicyclic) bond motifs is 1. The van der Waals surface area contributed by atoms with E-state index in [4.69, 9.17) is 4.74 Å². The lowest BCUT2D eigenvalue weighted by atomic mass is 10.1. The average Bonchev–Trinajstić information content (AvgIpc) is 2.59. The van der Waals surface area contributed by atoms with Gasteiger partial charge in [-0.3, -0.25) is 10.1 Å². The second-order valence-corrected chi connectivity index (χ2v) is 3.71. The normalized spacial score (nSPS) is 13.6. The molecule has 1 heterocycles. The maximum absolute atomic E-state index is 13.4. The topological polar surface area (TPSA) is 52.4 Å². The quantitative estimate of drug-likeness (QED) is 0.576. The number of nitro groups is 1. The van der Waals surface area contributed by atoms with Crippen LogP contribution in [0.1, 0.15) is 5.56 Å². The summed E-state index contributed by atoms with van der Waals surface area (Å²) >= 11 is 2.93. The van der Waals surface area contributed by atoms with Crippen LogP contribution in [0.2, 0.25) is 0 Å². The van der Waals surface area contributed by atoms with Crippen LogP contribution in [0, 0.1) is 15.9 Å². The first kappa shape index (κ1) is 9.39. The number of rotatable bonds is 1. The summed E-state index contributed by atoms with van der Waals surface area (Å²) < 4.78 is 18.5. The number of halogens is 2. The maximum atomic E-state index is 13.4. The molecule has 0 aliphatic carbocycles. The van der Waals surface area contributed by atoms with Gasteiger partial charge in [0.05, 0.1) is 16.0 Å². The van der Waals surface area contributed by atoms with E-state index < -0.39 is 10.7 Å². The van der Waals surface area contributed by atoms with Crippen LogP contribution in [0.15, 0.2) is 10.5 Å². The highest BCUT2D eigenvalue weighted by atomic mass is 79.9. The van der Waals surface area contributed by atoms with Crippen LogP contribution in [0.5, 0.6) is 5.75 Å². The zero-order chi connectivity index (χ0) is 10.3. The van der Waals surface area contributed by atoms with Gasteiger partial charge in [0.15, 0.2) is 0 Å². The monoisotopic (exact) mass is 261 g/mol. The van der Waals surface area contributed by atoms with Gasteiger partial charge in [-0.05, 0) is 15.9 Å². The van der Waals surface area contributed by atoms with Crippen molar-refractivity contribution in [3.63, 3.8) is 0 Å². The van der Waals surface area contributed by atoms with Crippen LogP contribution >= 0.6 is 15.9 Å². The molecule has 0 N–H and O–H groups in total. The van der Waals surface area contributed by atoms with Crippen molar-refractivity contribution in [3.8, 4) is 5.75 Å². The van der Waals surface area contributed by atoms with Crippen LogP contribution in [-0.4, -0.2) is 11.5 Å². The molecule has 0 saturated heterocycles. The van der Waals surface area contributed by atoms with Gasteiger partial charge in [-0.15, -0.1) is 0 Å². The van der Waals surface area contributed by atoms with Gasteiger partial charge in [0.25, 0.3) is 0 Å². The highest BCUT2D eigenvalue weighted by Crippen LogP contribution is 2.40. The molecule has 0 amide bonds. The molecule has 0 atom stereocenters. The molecule has 14 heavy (non-hydrogen) atoms. The van der Waals surface area contributed by atoms with E-state index in [2.05, 4.69) is 15.9 Å². The number of benzene rings is 1. The van der Waals surface area contributed by atoms with Crippen molar-refractivity contribution in [3.05, 3.63) is 32.0 Å². The number of hydrogen-bond acceptors (Lipinski definition) is 3. The summed E-state index contributed by atoms with van der Waals surface area (Å²) in [6, 6.07) is 1.12. The Kier molecular flexibility index (Phi) is 2.14. The fraction of sp³-hybridized carbons (Fsp3) is 0.250. The molecule has 0 unspecified atom stereocenters. The highest BCUT2D eigenvalue weighted by molar-refractivity contribution is 9.10. The van der Waals surface area contributed by atoms with Crippen molar-refractivity contribution < 1.29 is 14.1 Å². The Hall–Kier alpha value is -1.17. The molecule has 0 radical (unpaired) electrons. The number of nitro benzene ring substituents is 1. The van der Waals surface area contributed by atoms with E-state index in [1.54, 1.807) is 0 Å². The average molecular weight is 262 g/mol. The Morgan fingerprint density at radius 1 is 1.64 bits per heavy atom. The predicted molar refractivity (Wildman–Crippen MR) is 50.0 cm³/mol. The first-order valence-corrected chi connectivity index (χ1v) is 4.68. The van der Waals surface area contributed by atoms with Crippen LogP contribution < -0.4 is 4.74 Å².